The molecule has 2 aromatic carbocycles. The van der Waals surface area contributed by atoms with Crippen LogP contribution in [-0.4, -0.2) is 11.5 Å². The quantitative estimate of drug-likeness (QED) is 0.461. The Balaban J connectivity index is 1.79. The average Bonchev–Trinajstić information content (AvgIpc) is 2.92. The van der Waals surface area contributed by atoms with E-state index in [2.05, 4.69) is 24.4 Å². The lowest BCUT2D eigenvalue weighted by Crippen LogP contribution is -2.02. The second kappa shape index (κ2) is 6.46. The molecular weight excluding hydrogens is 296 g/mol. The number of thioether (sulfide) groups is 1. The molecule has 21 heavy (non-hydrogen) atoms. The Morgan fingerprint density at radius 3 is 2.62 bits per heavy atom. The Bertz CT molecular complexity index is 756. The molecule has 1 nitrogen and oxygen atoms in total. The van der Waals surface area contributed by atoms with Crippen LogP contribution in [0.15, 0.2) is 58.8 Å². The second-order valence-corrected chi connectivity index (χ2v) is 7.06. The third-order valence-electron chi connectivity index (χ3n) is 3.40. The van der Waals surface area contributed by atoms with Crippen molar-refractivity contribution in [1.29, 1.82) is 0 Å². The largest absolute Gasteiger partial charge is 0.294 e. The third-order valence-corrected chi connectivity index (χ3v) is 5.31. The van der Waals surface area contributed by atoms with Crippen molar-refractivity contribution in [3.8, 4) is 0 Å². The number of hydrogen-bond donors (Lipinski definition) is 0. The van der Waals surface area contributed by atoms with Crippen LogP contribution in [-0.2, 0) is 6.42 Å². The molecule has 106 valence electrons. The predicted octanol–water partition coefficient (Wildman–Crippen LogP) is 5.44. The molecule has 1 heterocycles. The Labute approximate surface area is 133 Å². The highest BCUT2D eigenvalue weighted by Crippen LogP contribution is 2.27. The fourth-order valence-electron chi connectivity index (χ4n) is 2.35. The van der Waals surface area contributed by atoms with Gasteiger partial charge in [-0.25, -0.2) is 0 Å². The summed E-state index contributed by atoms with van der Waals surface area (Å²) in [6.45, 7) is 2.13. The van der Waals surface area contributed by atoms with Gasteiger partial charge in [0.2, 0.25) is 0 Å². The lowest BCUT2D eigenvalue weighted by atomic mass is 10.0. The molecule has 3 aromatic rings. The molecule has 3 rings (SSSR count). The lowest BCUT2D eigenvalue weighted by Gasteiger charge is -2.03. The molecule has 0 aliphatic carbocycles. The maximum Gasteiger partial charge on any atom is 0.167 e. The van der Waals surface area contributed by atoms with Gasteiger partial charge in [0.05, 0.1) is 0 Å². The van der Waals surface area contributed by atoms with Crippen molar-refractivity contribution in [2.24, 2.45) is 0 Å². The second-order valence-electron chi connectivity index (χ2n) is 4.81. The smallest absolute Gasteiger partial charge is 0.167 e. The van der Waals surface area contributed by atoms with E-state index in [4.69, 9.17) is 0 Å². The zero-order chi connectivity index (χ0) is 14.7. The van der Waals surface area contributed by atoms with E-state index in [0.29, 0.717) is 6.42 Å². The van der Waals surface area contributed by atoms with Gasteiger partial charge in [-0.05, 0) is 40.3 Å². The highest BCUT2D eigenvalue weighted by Gasteiger charge is 2.10. The van der Waals surface area contributed by atoms with Crippen LogP contribution in [0.3, 0.4) is 0 Å². The minimum absolute atomic E-state index is 0.187. The van der Waals surface area contributed by atoms with Crippen molar-refractivity contribution in [3.05, 3.63) is 65.0 Å². The van der Waals surface area contributed by atoms with Crippen molar-refractivity contribution in [1.82, 2.24) is 0 Å². The van der Waals surface area contributed by atoms with Gasteiger partial charge in [-0.2, -0.15) is 0 Å². The minimum atomic E-state index is 0.187. The Morgan fingerprint density at radius 1 is 1.10 bits per heavy atom. The molecule has 0 bridgehead atoms. The molecule has 3 heteroatoms. The first-order valence-corrected chi connectivity index (χ1v) is 8.85. The first-order valence-electron chi connectivity index (χ1n) is 6.99. The Kier molecular flexibility index (Phi) is 4.42. The molecule has 0 radical (unpaired) electrons. The molecule has 0 aliphatic heterocycles. The normalized spacial score (nSPS) is 10.9. The highest BCUT2D eigenvalue weighted by molar-refractivity contribution is 7.99. The number of fused-ring (bicyclic) bond motifs is 1. The molecule has 0 spiro atoms. The monoisotopic (exact) mass is 312 g/mol. The van der Waals surface area contributed by atoms with Gasteiger partial charge in [-0.3, -0.25) is 4.79 Å². The molecule has 0 fully saturated rings. The third kappa shape index (κ3) is 3.20. The highest BCUT2D eigenvalue weighted by atomic mass is 32.2. The van der Waals surface area contributed by atoms with E-state index in [1.165, 1.54) is 15.0 Å². The Hall–Kier alpha value is -1.58. The standard InChI is InChI=1S/C18H16OS2/c1-2-20-15-9-7-13(8-10-15)17(19)11-14-12-21-18-6-4-3-5-16(14)18/h3-10,12H,2,11H2,1H3. The summed E-state index contributed by atoms with van der Waals surface area (Å²) < 4.78 is 1.25. The molecule has 0 amide bonds. The summed E-state index contributed by atoms with van der Waals surface area (Å²) in [6.07, 6.45) is 0.476. The van der Waals surface area contributed by atoms with Gasteiger partial charge >= 0.3 is 0 Å². The maximum atomic E-state index is 12.4. The number of thiophene rings is 1. The van der Waals surface area contributed by atoms with Crippen LogP contribution in [0.2, 0.25) is 0 Å². The molecule has 0 N–H and O–H groups in total. The molecule has 1 aromatic heterocycles. The number of Topliss-reactive ketones (excluding diaryl/α,β-unsaturated/α-hetero) is 1. The van der Waals surface area contributed by atoms with E-state index in [1.807, 2.05) is 36.4 Å². The van der Waals surface area contributed by atoms with Gasteiger partial charge in [0.15, 0.2) is 5.78 Å². The Morgan fingerprint density at radius 2 is 1.86 bits per heavy atom. The number of carbonyl (C=O) groups is 1. The summed E-state index contributed by atoms with van der Waals surface area (Å²) in [7, 11) is 0. The molecule has 0 atom stereocenters. The van der Waals surface area contributed by atoms with Crippen LogP contribution in [0.1, 0.15) is 22.8 Å². The molecule has 0 saturated carbocycles. The van der Waals surface area contributed by atoms with Crippen molar-refractivity contribution in [3.63, 3.8) is 0 Å². The number of rotatable bonds is 5. The number of ketones is 1. The van der Waals surface area contributed by atoms with Crippen LogP contribution in [0.25, 0.3) is 10.1 Å². The van der Waals surface area contributed by atoms with Gasteiger partial charge in [-0.1, -0.05) is 37.3 Å². The van der Waals surface area contributed by atoms with Gasteiger partial charge < -0.3 is 0 Å². The zero-order valence-corrected chi connectivity index (χ0v) is 13.5. The van der Waals surface area contributed by atoms with Crippen molar-refractivity contribution in [2.75, 3.05) is 5.75 Å². The molecule has 0 unspecified atom stereocenters. The zero-order valence-electron chi connectivity index (χ0n) is 11.8. The molecule has 0 aliphatic rings. The number of carbonyl (C=O) groups excluding carboxylic acids is 1. The topological polar surface area (TPSA) is 17.1 Å². The van der Waals surface area contributed by atoms with Crippen LogP contribution in [0.4, 0.5) is 0 Å². The van der Waals surface area contributed by atoms with E-state index in [-0.39, 0.29) is 5.78 Å². The van der Waals surface area contributed by atoms with E-state index in [9.17, 15) is 4.79 Å². The van der Waals surface area contributed by atoms with Gasteiger partial charge in [-0.15, -0.1) is 23.1 Å². The van der Waals surface area contributed by atoms with E-state index in [0.717, 1.165) is 16.9 Å². The lowest BCUT2D eigenvalue weighted by molar-refractivity contribution is 0.0993. The molecular formula is C18H16OS2. The van der Waals surface area contributed by atoms with Crippen LogP contribution >= 0.6 is 23.1 Å². The fraction of sp³-hybridized carbons (Fsp3) is 0.167. The first kappa shape index (κ1) is 14.4. The minimum Gasteiger partial charge on any atom is -0.294 e. The summed E-state index contributed by atoms with van der Waals surface area (Å²) in [5.74, 6) is 1.24. The summed E-state index contributed by atoms with van der Waals surface area (Å²) in [5, 5.41) is 3.30. The van der Waals surface area contributed by atoms with Crippen molar-refractivity contribution < 1.29 is 4.79 Å². The fourth-order valence-corrected chi connectivity index (χ4v) is 3.97. The molecule has 0 saturated heterocycles. The summed E-state index contributed by atoms with van der Waals surface area (Å²) >= 11 is 3.50. The van der Waals surface area contributed by atoms with Crippen LogP contribution in [0, 0.1) is 0 Å². The summed E-state index contributed by atoms with van der Waals surface area (Å²) in [4.78, 5) is 13.6. The van der Waals surface area contributed by atoms with Crippen LogP contribution < -0.4 is 0 Å². The van der Waals surface area contributed by atoms with E-state index in [1.54, 1.807) is 23.1 Å². The maximum absolute atomic E-state index is 12.4. The van der Waals surface area contributed by atoms with Crippen molar-refractivity contribution >= 4 is 39.0 Å². The van der Waals surface area contributed by atoms with Gasteiger partial charge in [0.25, 0.3) is 0 Å². The van der Waals surface area contributed by atoms with E-state index >= 15 is 0 Å². The van der Waals surface area contributed by atoms with Crippen molar-refractivity contribution in [2.45, 2.75) is 18.2 Å². The van der Waals surface area contributed by atoms with Gasteiger partial charge in [0, 0.05) is 21.6 Å². The van der Waals surface area contributed by atoms with Gasteiger partial charge in [0.1, 0.15) is 0 Å². The number of hydrogen-bond acceptors (Lipinski definition) is 3. The summed E-state index contributed by atoms with van der Waals surface area (Å²) in [5.41, 5.74) is 1.93. The predicted molar refractivity (Wildman–Crippen MR) is 92.7 cm³/mol. The SMILES string of the molecule is CCSc1ccc(C(=O)Cc2csc3ccccc23)cc1. The van der Waals surface area contributed by atoms with E-state index < -0.39 is 0 Å². The first-order chi connectivity index (χ1) is 10.3. The summed E-state index contributed by atoms with van der Waals surface area (Å²) in [6, 6.07) is 16.2. The average molecular weight is 312 g/mol. The van der Waals surface area contributed by atoms with Crippen LogP contribution in [0.5, 0.6) is 0 Å². The number of benzene rings is 2.